The Bertz CT molecular complexity index is 831. The van der Waals surface area contributed by atoms with Crippen LogP contribution in [0.25, 0.3) is 0 Å². The lowest BCUT2D eigenvalue weighted by molar-refractivity contribution is -0.133. The normalized spacial score (nSPS) is 19.3. The van der Waals surface area contributed by atoms with Crippen LogP contribution in [0.2, 0.25) is 0 Å². The van der Waals surface area contributed by atoms with Gasteiger partial charge in [-0.15, -0.1) is 0 Å². The first kappa shape index (κ1) is 16.8. The molecule has 26 heavy (non-hydrogen) atoms. The number of rotatable bonds is 2. The monoisotopic (exact) mass is 348 g/mol. The van der Waals surface area contributed by atoms with Gasteiger partial charge in [0.05, 0.1) is 6.04 Å². The van der Waals surface area contributed by atoms with Crippen LogP contribution in [0.1, 0.15) is 46.4 Å². The molecule has 2 aliphatic rings. The fourth-order valence-corrected chi connectivity index (χ4v) is 4.19. The molecule has 2 amide bonds. The Balaban J connectivity index is 1.58. The molecule has 0 unspecified atom stereocenters. The number of benzene rings is 2. The van der Waals surface area contributed by atoms with Crippen molar-refractivity contribution in [2.24, 2.45) is 0 Å². The number of aryl methyl sites for hydroxylation is 2. The molecule has 0 N–H and O–H groups in total. The van der Waals surface area contributed by atoms with Crippen LogP contribution in [0.3, 0.4) is 0 Å². The lowest BCUT2D eigenvalue weighted by atomic mass is 10.0. The van der Waals surface area contributed by atoms with E-state index in [1.807, 2.05) is 46.2 Å². The zero-order valence-corrected chi connectivity index (χ0v) is 15.1. The van der Waals surface area contributed by atoms with Gasteiger partial charge >= 0.3 is 0 Å². The van der Waals surface area contributed by atoms with E-state index >= 15 is 0 Å². The van der Waals surface area contributed by atoms with Crippen LogP contribution in [0.5, 0.6) is 0 Å². The molecule has 134 valence electrons. The topological polar surface area (TPSA) is 40.6 Å². The van der Waals surface area contributed by atoms with E-state index in [9.17, 15) is 9.59 Å². The van der Waals surface area contributed by atoms with Crippen molar-refractivity contribution in [1.82, 2.24) is 9.80 Å². The van der Waals surface area contributed by atoms with Gasteiger partial charge in [-0.2, -0.15) is 0 Å². The van der Waals surface area contributed by atoms with Gasteiger partial charge in [-0.05, 0) is 48.1 Å². The molecule has 2 aromatic rings. The Labute approximate surface area is 154 Å². The van der Waals surface area contributed by atoms with Crippen LogP contribution in [-0.4, -0.2) is 41.2 Å². The van der Waals surface area contributed by atoms with Crippen molar-refractivity contribution in [2.75, 3.05) is 19.6 Å². The van der Waals surface area contributed by atoms with Crippen molar-refractivity contribution in [1.29, 1.82) is 0 Å². The molecular formula is C22H24N2O2. The molecule has 4 heteroatoms. The minimum absolute atomic E-state index is 0.0588. The second-order valence-electron chi connectivity index (χ2n) is 7.23. The van der Waals surface area contributed by atoms with Crippen LogP contribution in [0.4, 0.5) is 0 Å². The molecule has 2 aromatic carbocycles. The van der Waals surface area contributed by atoms with E-state index in [-0.39, 0.29) is 17.9 Å². The number of hydrogen-bond donors (Lipinski definition) is 0. The summed E-state index contributed by atoms with van der Waals surface area (Å²) >= 11 is 0. The molecule has 1 aliphatic heterocycles. The van der Waals surface area contributed by atoms with Crippen molar-refractivity contribution < 1.29 is 9.59 Å². The second kappa shape index (κ2) is 6.94. The molecule has 0 bridgehead atoms. The van der Waals surface area contributed by atoms with Crippen LogP contribution in [0, 0.1) is 0 Å². The predicted molar refractivity (Wildman–Crippen MR) is 101 cm³/mol. The standard InChI is InChI=1S/C22H24N2O2/c1-16(25)24-13-12-23(15-21(24)18-6-3-2-4-7-18)22(26)20-11-10-17-8-5-9-19(17)14-20/h2-4,6-7,10-11,14,21H,5,8-9,12-13,15H2,1H3/t21-/m0/s1. The minimum Gasteiger partial charge on any atom is -0.334 e. The van der Waals surface area contributed by atoms with E-state index in [0.717, 1.165) is 24.0 Å². The highest BCUT2D eigenvalue weighted by atomic mass is 16.2. The fraction of sp³-hybridized carbons (Fsp3) is 0.364. The van der Waals surface area contributed by atoms with Crippen LogP contribution in [-0.2, 0) is 17.6 Å². The number of hydrogen-bond acceptors (Lipinski definition) is 2. The fourth-order valence-electron chi connectivity index (χ4n) is 4.19. The highest BCUT2D eigenvalue weighted by molar-refractivity contribution is 5.94. The smallest absolute Gasteiger partial charge is 0.254 e. The van der Waals surface area contributed by atoms with Crippen molar-refractivity contribution in [2.45, 2.75) is 32.2 Å². The summed E-state index contributed by atoms with van der Waals surface area (Å²) < 4.78 is 0. The molecule has 0 saturated carbocycles. The second-order valence-corrected chi connectivity index (χ2v) is 7.23. The van der Waals surface area contributed by atoms with Gasteiger partial charge < -0.3 is 9.80 Å². The van der Waals surface area contributed by atoms with E-state index in [4.69, 9.17) is 0 Å². The number of carbonyl (C=O) groups excluding carboxylic acids is 2. The first-order chi connectivity index (χ1) is 12.6. The summed E-state index contributed by atoms with van der Waals surface area (Å²) in [6.07, 6.45) is 3.37. The maximum atomic E-state index is 13.1. The molecule has 0 radical (unpaired) electrons. The van der Waals surface area contributed by atoms with Gasteiger partial charge in [0, 0.05) is 32.1 Å². The van der Waals surface area contributed by atoms with Crippen LogP contribution >= 0.6 is 0 Å². The van der Waals surface area contributed by atoms with Gasteiger partial charge in [0.15, 0.2) is 0 Å². The molecule has 1 heterocycles. The highest BCUT2D eigenvalue weighted by Crippen LogP contribution is 2.28. The average Bonchev–Trinajstić information content (AvgIpc) is 3.15. The summed E-state index contributed by atoms with van der Waals surface area (Å²) in [5.41, 5.74) is 4.55. The number of amides is 2. The summed E-state index contributed by atoms with van der Waals surface area (Å²) in [4.78, 5) is 28.9. The van der Waals surface area contributed by atoms with Crippen LogP contribution < -0.4 is 0 Å². The maximum absolute atomic E-state index is 13.1. The summed E-state index contributed by atoms with van der Waals surface area (Å²) in [5.74, 6) is 0.132. The van der Waals surface area contributed by atoms with E-state index in [2.05, 4.69) is 12.1 Å². The molecule has 1 fully saturated rings. The molecular weight excluding hydrogens is 324 g/mol. The van der Waals surface area contributed by atoms with Gasteiger partial charge in [0.2, 0.25) is 5.91 Å². The Hall–Kier alpha value is -2.62. The van der Waals surface area contributed by atoms with E-state index in [1.54, 1.807) is 6.92 Å². The summed E-state index contributed by atoms with van der Waals surface area (Å²) in [5, 5.41) is 0. The number of nitrogens with zero attached hydrogens (tertiary/aromatic N) is 2. The highest BCUT2D eigenvalue weighted by Gasteiger charge is 2.32. The quantitative estimate of drug-likeness (QED) is 0.836. The number of piperazine rings is 1. The van der Waals surface area contributed by atoms with E-state index in [0.29, 0.717) is 19.6 Å². The first-order valence-corrected chi connectivity index (χ1v) is 9.37. The first-order valence-electron chi connectivity index (χ1n) is 9.37. The third-order valence-corrected chi connectivity index (χ3v) is 5.60. The Kier molecular flexibility index (Phi) is 4.49. The van der Waals surface area contributed by atoms with Crippen molar-refractivity contribution >= 4 is 11.8 Å². The van der Waals surface area contributed by atoms with Gasteiger partial charge in [-0.3, -0.25) is 9.59 Å². The van der Waals surface area contributed by atoms with Crippen molar-refractivity contribution in [3.63, 3.8) is 0 Å². The Morgan fingerprint density at radius 3 is 2.50 bits per heavy atom. The molecule has 1 aliphatic carbocycles. The van der Waals surface area contributed by atoms with E-state index in [1.165, 1.54) is 17.5 Å². The third-order valence-electron chi connectivity index (χ3n) is 5.60. The molecule has 1 atom stereocenters. The van der Waals surface area contributed by atoms with Gasteiger partial charge in [0.25, 0.3) is 5.91 Å². The summed E-state index contributed by atoms with van der Waals surface area (Å²) in [7, 11) is 0. The lowest BCUT2D eigenvalue weighted by Gasteiger charge is -2.41. The van der Waals surface area contributed by atoms with Gasteiger partial charge in [-0.25, -0.2) is 0 Å². The summed E-state index contributed by atoms with van der Waals surface area (Å²) in [6.45, 7) is 3.30. The predicted octanol–water partition coefficient (Wildman–Crippen LogP) is 3.22. The van der Waals surface area contributed by atoms with Crippen LogP contribution in [0.15, 0.2) is 48.5 Å². The summed E-state index contributed by atoms with van der Waals surface area (Å²) in [6, 6.07) is 16.0. The van der Waals surface area contributed by atoms with Gasteiger partial charge in [0.1, 0.15) is 0 Å². The Morgan fingerprint density at radius 2 is 1.73 bits per heavy atom. The van der Waals surface area contributed by atoms with Crippen molar-refractivity contribution in [3.8, 4) is 0 Å². The number of carbonyl (C=O) groups is 2. The lowest BCUT2D eigenvalue weighted by Crippen LogP contribution is -2.51. The van der Waals surface area contributed by atoms with Crippen molar-refractivity contribution in [3.05, 3.63) is 70.8 Å². The Morgan fingerprint density at radius 1 is 0.962 bits per heavy atom. The SMILES string of the molecule is CC(=O)N1CCN(C(=O)c2ccc3c(c2)CCC3)C[C@H]1c1ccccc1. The molecule has 4 nitrogen and oxygen atoms in total. The third kappa shape index (κ3) is 3.12. The average molecular weight is 348 g/mol. The van der Waals surface area contributed by atoms with Gasteiger partial charge in [-0.1, -0.05) is 36.4 Å². The minimum atomic E-state index is -0.0826. The zero-order valence-electron chi connectivity index (χ0n) is 15.1. The maximum Gasteiger partial charge on any atom is 0.254 e. The molecule has 4 rings (SSSR count). The molecule has 1 saturated heterocycles. The van der Waals surface area contributed by atoms with E-state index < -0.39 is 0 Å². The largest absolute Gasteiger partial charge is 0.334 e. The molecule has 0 aromatic heterocycles. The molecule has 0 spiro atoms. The zero-order chi connectivity index (χ0) is 18.1. The number of fused-ring (bicyclic) bond motifs is 1.